The van der Waals surface area contributed by atoms with E-state index in [4.69, 9.17) is 24.3 Å². The second-order valence-electron chi connectivity index (χ2n) is 15.2. The van der Waals surface area contributed by atoms with E-state index in [1.54, 1.807) is 0 Å². The average Bonchev–Trinajstić information content (AvgIpc) is 3.22. The second-order valence-corrected chi connectivity index (χ2v) is 16.7. The van der Waals surface area contributed by atoms with Crippen LogP contribution in [0, 0.1) is 0 Å². The molecule has 0 aliphatic rings. The topological polar surface area (TPSA) is 134 Å². The van der Waals surface area contributed by atoms with Crippen LogP contribution >= 0.6 is 7.82 Å². The number of phosphoric acid groups is 1. The maximum atomic E-state index is 12.6. The molecule has 0 bridgehead atoms. The molecule has 0 heterocycles. The molecule has 0 aromatic heterocycles. The summed E-state index contributed by atoms with van der Waals surface area (Å²) in [6.45, 7) is 3.55. The third-order valence-corrected chi connectivity index (χ3v) is 10.6. The van der Waals surface area contributed by atoms with Crippen molar-refractivity contribution >= 4 is 19.8 Å². The van der Waals surface area contributed by atoms with Crippen molar-refractivity contribution in [3.8, 4) is 0 Å². The first-order valence-corrected chi connectivity index (χ1v) is 24.9. The Hall–Kier alpha value is -2.55. The molecule has 0 fully saturated rings. The lowest BCUT2D eigenvalue weighted by Gasteiger charge is -2.19. The second kappa shape index (κ2) is 45.0. The zero-order valence-corrected chi connectivity index (χ0v) is 38.4. The number of carbonyl (C=O) groups is 2. The van der Waals surface area contributed by atoms with Crippen molar-refractivity contribution in [3.05, 3.63) is 72.9 Å². The van der Waals surface area contributed by atoms with E-state index in [0.29, 0.717) is 12.8 Å². The van der Waals surface area contributed by atoms with Crippen LogP contribution in [0.25, 0.3) is 0 Å². The van der Waals surface area contributed by atoms with Gasteiger partial charge in [0, 0.05) is 19.4 Å². The number of rotatable bonds is 43. The van der Waals surface area contributed by atoms with Crippen LogP contribution in [-0.2, 0) is 32.7 Å². The molecule has 0 aromatic rings. The Kier molecular flexibility index (Phi) is 43.0. The van der Waals surface area contributed by atoms with Gasteiger partial charge in [0.1, 0.15) is 6.61 Å². The summed E-state index contributed by atoms with van der Waals surface area (Å²) in [4.78, 5) is 34.9. The molecule has 0 aromatic carbocycles. The van der Waals surface area contributed by atoms with Crippen LogP contribution in [0.15, 0.2) is 72.9 Å². The maximum absolute atomic E-state index is 12.6. The highest BCUT2D eigenvalue weighted by atomic mass is 31.2. The molecule has 9 nitrogen and oxygen atoms in total. The number of hydrogen-bond acceptors (Lipinski definition) is 8. The molecule has 0 saturated heterocycles. The van der Waals surface area contributed by atoms with Gasteiger partial charge >= 0.3 is 19.8 Å². The minimum Gasteiger partial charge on any atom is -0.462 e. The molecule has 0 rings (SSSR count). The lowest BCUT2D eigenvalue weighted by atomic mass is 10.0. The number of nitrogens with two attached hydrogens (primary N) is 1. The predicted octanol–water partition coefficient (Wildman–Crippen LogP) is 13.8. The number of ether oxygens (including phenoxy) is 2. The van der Waals surface area contributed by atoms with Crippen LogP contribution in [0.3, 0.4) is 0 Å². The SMILES string of the molecule is CC/C=C\C/C=C\C/C=C\C/C=C\C/C=C\C/C=C\CCC(=O)OC[C@H](COP(=O)(O)OCCN)OC(=O)CCCCCCCCCCCCCCCCCCCCC. The fourth-order valence-electron chi connectivity index (χ4n) is 6.19. The molecule has 0 aliphatic heterocycles. The van der Waals surface area contributed by atoms with Gasteiger partial charge in [-0.05, 0) is 51.4 Å². The van der Waals surface area contributed by atoms with Crippen molar-refractivity contribution in [1.29, 1.82) is 0 Å². The highest BCUT2D eigenvalue weighted by Gasteiger charge is 2.25. The molecule has 0 aliphatic carbocycles. The van der Waals surface area contributed by atoms with Gasteiger partial charge in [-0.3, -0.25) is 18.6 Å². The minimum atomic E-state index is -4.40. The molecule has 0 amide bonds. The van der Waals surface area contributed by atoms with Gasteiger partial charge in [-0.25, -0.2) is 4.57 Å². The van der Waals surface area contributed by atoms with Crippen molar-refractivity contribution in [3.63, 3.8) is 0 Å². The quantitative estimate of drug-likeness (QED) is 0.0266. The van der Waals surface area contributed by atoms with Crippen LogP contribution in [0.4, 0.5) is 0 Å². The summed E-state index contributed by atoms with van der Waals surface area (Å²) < 4.78 is 32.8. The summed E-state index contributed by atoms with van der Waals surface area (Å²) >= 11 is 0. The van der Waals surface area contributed by atoms with E-state index in [2.05, 4.69) is 74.6 Å². The molecule has 0 radical (unpaired) electrons. The largest absolute Gasteiger partial charge is 0.472 e. The number of allylic oxidation sites excluding steroid dienone is 12. The van der Waals surface area contributed by atoms with E-state index in [0.717, 1.165) is 57.8 Å². The number of hydrogen-bond donors (Lipinski definition) is 2. The number of carbonyl (C=O) groups excluding carboxylic acids is 2. The molecule has 340 valence electrons. The smallest absolute Gasteiger partial charge is 0.462 e. The molecular formula is C49H86NO8P. The van der Waals surface area contributed by atoms with Crippen LogP contribution in [0.5, 0.6) is 0 Å². The Morgan fingerprint density at radius 1 is 0.525 bits per heavy atom. The third kappa shape index (κ3) is 44.8. The number of phosphoric ester groups is 1. The molecular weight excluding hydrogens is 762 g/mol. The monoisotopic (exact) mass is 848 g/mol. The first-order chi connectivity index (χ1) is 28.8. The normalized spacial score (nSPS) is 13.9. The number of unbranched alkanes of at least 4 members (excludes halogenated alkanes) is 18. The molecule has 0 spiro atoms. The van der Waals surface area contributed by atoms with Gasteiger partial charge in [0.05, 0.1) is 13.2 Å². The van der Waals surface area contributed by atoms with Crippen molar-refractivity contribution in [2.45, 2.75) is 200 Å². The standard InChI is InChI=1S/C49H86NO8P/c1-3-5-7-9-11-13-15-17-19-21-23-25-27-29-31-33-35-37-39-41-48(51)55-45-47(46-57-59(53,54)56-44-43-50)58-49(52)42-40-38-36-34-32-30-28-26-24-22-20-18-16-14-12-10-8-6-4-2/h5,7,11,13,17,19,23,25,29,31,35,37,47H,3-4,6,8-10,12,14-16,18,20-22,24,26-28,30,32-34,36,38-46,50H2,1-2H3,(H,53,54)/b7-5-,13-11-,19-17-,25-23-,31-29-,37-35-/t47-/m1/s1. The fraction of sp³-hybridized carbons (Fsp3) is 0.714. The van der Waals surface area contributed by atoms with E-state index in [9.17, 15) is 19.0 Å². The van der Waals surface area contributed by atoms with Gasteiger partial charge in [-0.15, -0.1) is 0 Å². The Bertz CT molecular complexity index is 1190. The summed E-state index contributed by atoms with van der Waals surface area (Å²) in [5, 5.41) is 0. The van der Waals surface area contributed by atoms with E-state index in [-0.39, 0.29) is 32.6 Å². The molecule has 59 heavy (non-hydrogen) atoms. The van der Waals surface area contributed by atoms with Crippen molar-refractivity contribution in [2.24, 2.45) is 5.73 Å². The van der Waals surface area contributed by atoms with Crippen molar-refractivity contribution in [1.82, 2.24) is 0 Å². The lowest BCUT2D eigenvalue weighted by Crippen LogP contribution is -2.29. The van der Waals surface area contributed by atoms with Crippen LogP contribution in [0.1, 0.15) is 194 Å². The Morgan fingerprint density at radius 2 is 0.932 bits per heavy atom. The Balaban J connectivity index is 4.21. The maximum Gasteiger partial charge on any atom is 0.472 e. The predicted molar refractivity (Wildman–Crippen MR) is 247 cm³/mol. The van der Waals surface area contributed by atoms with Gasteiger partial charge in [-0.2, -0.15) is 0 Å². The van der Waals surface area contributed by atoms with E-state index in [1.807, 2.05) is 12.2 Å². The minimum absolute atomic E-state index is 0.0418. The van der Waals surface area contributed by atoms with E-state index in [1.165, 1.54) is 96.3 Å². The highest BCUT2D eigenvalue weighted by Crippen LogP contribution is 2.43. The van der Waals surface area contributed by atoms with Gasteiger partial charge in [0.2, 0.25) is 0 Å². The highest BCUT2D eigenvalue weighted by molar-refractivity contribution is 7.47. The zero-order chi connectivity index (χ0) is 43.2. The van der Waals surface area contributed by atoms with Crippen molar-refractivity contribution < 1.29 is 37.6 Å². The molecule has 2 atom stereocenters. The zero-order valence-electron chi connectivity index (χ0n) is 37.5. The third-order valence-electron chi connectivity index (χ3n) is 9.62. The van der Waals surface area contributed by atoms with E-state index < -0.39 is 32.5 Å². The van der Waals surface area contributed by atoms with E-state index >= 15 is 0 Å². The van der Waals surface area contributed by atoms with Gasteiger partial charge in [-0.1, -0.05) is 202 Å². The molecule has 3 N–H and O–H groups in total. The van der Waals surface area contributed by atoms with Crippen LogP contribution in [0.2, 0.25) is 0 Å². The number of esters is 2. The summed E-state index contributed by atoms with van der Waals surface area (Å²) in [6, 6.07) is 0. The summed E-state index contributed by atoms with van der Waals surface area (Å²) in [6.07, 6.45) is 55.2. The first kappa shape index (κ1) is 56.5. The summed E-state index contributed by atoms with van der Waals surface area (Å²) in [7, 11) is -4.40. The average molecular weight is 848 g/mol. The Morgan fingerprint density at radius 3 is 1.36 bits per heavy atom. The lowest BCUT2D eigenvalue weighted by molar-refractivity contribution is -0.161. The van der Waals surface area contributed by atoms with Gasteiger partial charge < -0.3 is 20.1 Å². The Labute approximate surface area is 361 Å². The van der Waals surface area contributed by atoms with Gasteiger partial charge in [0.25, 0.3) is 0 Å². The molecule has 1 unspecified atom stereocenters. The summed E-state index contributed by atoms with van der Waals surface area (Å²) in [5.41, 5.74) is 5.35. The molecule has 10 heteroatoms. The van der Waals surface area contributed by atoms with Crippen LogP contribution in [-0.4, -0.2) is 49.3 Å². The fourth-order valence-corrected chi connectivity index (χ4v) is 6.96. The van der Waals surface area contributed by atoms with Crippen molar-refractivity contribution in [2.75, 3.05) is 26.4 Å². The first-order valence-electron chi connectivity index (χ1n) is 23.4. The van der Waals surface area contributed by atoms with Crippen LogP contribution < -0.4 is 5.73 Å². The summed E-state index contributed by atoms with van der Waals surface area (Å²) in [5.74, 6) is -0.925. The molecule has 0 saturated carbocycles. The van der Waals surface area contributed by atoms with Gasteiger partial charge in [0.15, 0.2) is 6.10 Å².